The van der Waals surface area contributed by atoms with Crippen LogP contribution in [0.3, 0.4) is 0 Å². The summed E-state index contributed by atoms with van der Waals surface area (Å²) in [7, 11) is 0.826. The van der Waals surface area contributed by atoms with Crippen LogP contribution in [-0.2, 0) is 21.3 Å². The maximum absolute atomic E-state index is 13.4. The van der Waals surface area contributed by atoms with Gasteiger partial charge in [0.05, 0.1) is 32.3 Å². The van der Waals surface area contributed by atoms with E-state index in [1.165, 1.54) is 35.3 Å². The lowest BCUT2D eigenvalue weighted by Crippen LogP contribution is -2.40. The molecule has 2 aromatic rings. The van der Waals surface area contributed by atoms with E-state index in [4.69, 9.17) is 14.2 Å². The highest BCUT2D eigenvalue weighted by molar-refractivity contribution is 7.89. The van der Waals surface area contributed by atoms with Crippen LogP contribution in [0.25, 0.3) is 0 Å². The fourth-order valence-corrected chi connectivity index (χ4v) is 5.75. The zero-order valence-electron chi connectivity index (χ0n) is 18.7. The monoisotopic (exact) mass is 466 g/mol. The minimum Gasteiger partial charge on any atom is -0.493 e. The number of rotatable bonds is 9. The Kier molecular flexibility index (Phi) is 6.59. The number of methoxy groups -OCH3 is 3. The molecule has 0 spiro atoms. The van der Waals surface area contributed by atoms with Gasteiger partial charge in [-0.05, 0) is 37.8 Å². The number of ether oxygens (including phenoxy) is 3. The standard InChI is InChI=1S/C21H30N4O6S/c1-29-12-11-24-21(26)25(16-6-7-16)20(22-24)15-5-4-10-23(14-15)32(27,28)17-8-9-18(30-2)19(13-17)31-3/h8-9,13,15-16H,4-7,10-12,14H2,1-3H3. The molecule has 1 saturated carbocycles. The van der Waals surface area contributed by atoms with Gasteiger partial charge in [-0.25, -0.2) is 17.9 Å². The molecule has 1 saturated heterocycles. The van der Waals surface area contributed by atoms with E-state index in [1.807, 2.05) is 0 Å². The first kappa shape index (κ1) is 22.8. The van der Waals surface area contributed by atoms with Crippen LogP contribution in [0.2, 0.25) is 0 Å². The van der Waals surface area contributed by atoms with Crippen molar-refractivity contribution in [2.75, 3.05) is 41.0 Å². The Morgan fingerprint density at radius 2 is 1.84 bits per heavy atom. The summed E-state index contributed by atoms with van der Waals surface area (Å²) in [6, 6.07) is 4.76. The molecule has 1 unspecified atom stereocenters. The number of piperidine rings is 1. The third-order valence-electron chi connectivity index (χ3n) is 6.06. The van der Waals surface area contributed by atoms with Crippen LogP contribution in [0.5, 0.6) is 11.5 Å². The molecule has 11 heteroatoms. The topological polar surface area (TPSA) is 105 Å². The van der Waals surface area contributed by atoms with E-state index in [0.717, 1.165) is 19.3 Å². The van der Waals surface area contributed by atoms with Crippen LogP contribution in [0.15, 0.2) is 27.9 Å². The van der Waals surface area contributed by atoms with Gasteiger partial charge < -0.3 is 14.2 Å². The number of benzene rings is 1. The first-order chi connectivity index (χ1) is 15.4. The van der Waals surface area contributed by atoms with Crippen LogP contribution < -0.4 is 15.2 Å². The molecule has 1 aliphatic carbocycles. The zero-order chi connectivity index (χ0) is 22.9. The van der Waals surface area contributed by atoms with Crippen molar-refractivity contribution in [3.63, 3.8) is 0 Å². The summed E-state index contributed by atoms with van der Waals surface area (Å²) in [5.41, 5.74) is -0.139. The Labute approximate surface area is 187 Å². The molecule has 4 rings (SSSR count). The molecule has 1 aliphatic heterocycles. The highest BCUT2D eigenvalue weighted by Crippen LogP contribution is 2.38. The van der Waals surface area contributed by atoms with E-state index < -0.39 is 10.0 Å². The number of hydrogen-bond acceptors (Lipinski definition) is 7. The molecular weight excluding hydrogens is 436 g/mol. The van der Waals surface area contributed by atoms with Gasteiger partial charge in [0.2, 0.25) is 10.0 Å². The molecule has 2 heterocycles. The van der Waals surface area contributed by atoms with E-state index >= 15 is 0 Å². The van der Waals surface area contributed by atoms with Gasteiger partial charge in [0.1, 0.15) is 5.82 Å². The lowest BCUT2D eigenvalue weighted by molar-refractivity contribution is 0.182. The third kappa shape index (κ3) is 4.28. The highest BCUT2D eigenvalue weighted by atomic mass is 32.2. The highest BCUT2D eigenvalue weighted by Gasteiger charge is 2.37. The molecule has 176 valence electrons. The quantitative estimate of drug-likeness (QED) is 0.553. The number of sulfonamides is 1. The lowest BCUT2D eigenvalue weighted by atomic mass is 9.99. The van der Waals surface area contributed by atoms with Gasteiger partial charge in [0.25, 0.3) is 0 Å². The van der Waals surface area contributed by atoms with Crippen LogP contribution >= 0.6 is 0 Å². The van der Waals surface area contributed by atoms with Gasteiger partial charge in [0, 0.05) is 38.2 Å². The number of aromatic nitrogens is 3. The fourth-order valence-electron chi connectivity index (χ4n) is 4.21. The van der Waals surface area contributed by atoms with Crippen LogP contribution in [0.4, 0.5) is 0 Å². The van der Waals surface area contributed by atoms with E-state index in [2.05, 4.69) is 5.10 Å². The molecule has 32 heavy (non-hydrogen) atoms. The summed E-state index contributed by atoms with van der Waals surface area (Å²) < 4.78 is 47.1. The van der Waals surface area contributed by atoms with Gasteiger partial charge in [-0.3, -0.25) is 4.57 Å². The summed E-state index contributed by atoms with van der Waals surface area (Å²) in [5, 5.41) is 4.60. The molecule has 0 bridgehead atoms. The lowest BCUT2D eigenvalue weighted by Gasteiger charge is -2.31. The van der Waals surface area contributed by atoms with Gasteiger partial charge in [-0.1, -0.05) is 0 Å². The van der Waals surface area contributed by atoms with E-state index in [1.54, 1.807) is 17.7 Å². The molecule has 10 nitrogen and oxygen atoms in total. The molecule has 1 aromatic carbocycles. The maximum atomic E-state index is 13.4. The average Bonchev–Trinajstić information content (AvgIpc) is 3.60. The normalized spacial score (nSPS) is 19.8. The first-order valence-corrected chi connectivity index (χ1v) is 12.2. The number of hydrogen-bond donors (Lipinski definition) is 0. The maximum Gasteiger partial charge on any atom is 0.346 e. The van der Waals surface area contributed by atoms with E-state index in [0.29, 0.717) is 43.4 Å². The van der Waals surface area contributed by atoms with Crippen molar-refractivity contribution in [3.8, 4) is 11.5 Å². The summed E-state index contributed by atoms with van der Waals surface area (Å²) in [6.45, 7) is 1.48. The van der Waals surface area contributed by atoms with Gasteiger partial charge >= 0.3 is 5.69 Å². The van der Waals surface area contributed by atoms with Crippen molar-refractivity contribution in [2.45, 2.75) is 49.1 Å². The molecule has 0 radical (unpaired) electrons. The Morgan fingerprint density at radius 3 is 2.50 bits per heavy atom. The van der Waals surface area contributed by atoms with Crippen molar-refractivity contribution in [3.05, 3.63) is 34.5 Å². The van der Waals surface area contributed by atoms with E-state index in [9.17, 15) is 13.2 Å². The summed E-state index contributed by atoms with van der Waals surface area (Å²) in [6.07, 6.45) is 3.37. The molecule has 2 aliphatic rings. The predicted molar refractivity (Wildman–Crippen MR) is 117 cm³/mol. The SMILES string of the molecule is COCCn1nc(C2CCCN(S(=O)(=O)c3ccc(OC)c(OC)c3)C2)n(C2CC2)c1=O. The smallest absolute Gasteiger partial charge is 0.346 e. The molecule has 1 aromatic heterocycles. The van der Waals surface area contributed by atoms with Crippen molar-refractivity contribution in [1.29, 1.82) is 0 Å². The van der Waals surface area contributed by atoms with Gasteiger partial charge in [-0.15, -0.1) is 0 Å². The second-order valence-corrected chi connectivity index (χ2v) is 10.1. The van der Waals surface area contributed by atoms with Gasteiger partial charge in [0.15, 0.2) is 11.5 Å². The Bertz CT molecular complexity index is 1120. The van der Waals surface area contributed by atoms with Crippen LogP contribution in [0.1, 0.15) is 43.5 Å². The third-order valence-corrected chi connectivity index (χ3v) is 7.92. The molecular formula is C21H30N4O6S. The number of nitrogens with zero attached hydrogens (tertiary/aromatic N) is 4. The largest absolute Gasteiger partial charge is 0.493 e. The van der Waals surface area contributed by atoms with Crippen molar-refractivity contribution in [2.24, 2.45) is 0 Å². The molecule has 0 amide bonds. The summed E-state index contributed by atoms with van der Waals surface area (Å²) in [5.74, 6) is 1.37. The molecule has 2 fully saturated rings. The summed E-state index contributed by atoms with van der Waals surface area (Å²) in [4.78, 5) is 13.1. The minimum absolute atomic E-state index is 0.139. The average molecular weight is 467 g/mol. The zero-order valence-corrected chi connectivity index (χ0v) is 19.5. The molecule has 1 atom stereocenters. The van der Waals surface area contributed by atoms with Crippen LogP contribution in [-0.4, -0.2) is 68.1 Å². The van der Waals surface area contributed by atoms with Crippen LogP contribution in [0, 0.1) is 0 Å². The Balaban J connectivity index is 1.62. The Hall–Kier alpha value is -2.37. The van der Waals surface area contributed by atoms with Gasteiger partial charge in [-0.2, -0.15) is 9.40 Å². The minimum atomic E-state index is -3.74. The second-order valence-electron chi connectivity index (χ2n) is 8.18. The first-order valence-electron chi connectivity index (χ1n) is 10.8. The Morgan fingerprint density at radius 1 is 1.09 bits per heavy atom. The van der Waals surface area contributed by atoms with Crippen molar-refractivity contribution in [1.82, 2.24) is 18.7 Å². The second kappa shape index (κ2) is 9.24. The van der Waals surface area contributed by atoms with Crippen molar-refractivity contribution < 1.29 is 22.6 Å². The van der Waals surface area contributed by atoms with Crippen molar-refractivity contribution >= 4 is 10.0 Å². The fraction of sp³-hybridized carbons (Fsp3) is 0.619. The predicted octanol–water partition coefficient (Wildman–Crippen LogP) is 1.61. The van der Waals surface area contributed by atoms with E-state index in [-0.39, 0.29) is 29.1 Å². The summed E-state index contributed by atoms with van der Waals surface area (Å²) >= 11 is 0. The molecule has 0 N–H and O–H groups in total.